The second-order valence-electron chi connectivity index (χ2n) is 4.23. The Morgan fingerprint density at radius 1 is 1.16 bits per heavy atom. The lowest BCUT2D eigenvalue weighted by Gasteiger charge is -2.07. The number of rotatable bonds is 6. The summed E-state index contributed by atoms with van der Waals surface area (Å²) in [6.45, 7) is -0.496. The molecule has 0 radical (unpaired) electrons. The Hall–Kier alpha value is -1.69. The van der Waals surface area contributed by atoms with Gasteiger partial charge in [-0.05, 0) is 24.3 Å². The van der Waals surface area contributed by atoms with Crippen molar-refractivity contribution in [2.24, 2.45) is 0 Å². The highest BCUT2D eigenvalue weighted by molar-refractivity contribution is 7.92. The van der Waals surface area contributed by atoms with Gasteiger partial charge in [-0.2, -0.15) is 0 Å². The first-order valence-electron chi connectivity index (χ1n) is 6.02. The maximum Gasteiger partial charge on any atom is 0.233 e. The Kier molecular flexibility index (Phi) is 4.31. The van der Waals surface area contributed by atoms with Crippen molar-refractivity contribution in [1.82, 2.24) is 4.98 Å². The number of aromatic nitrogens is 1. The summed E-state index contributed by atoms with van der Waals surface area (Å²) in [4.78, 5) is 4.06. The van der Waals surface area contributed by atoms with Crippen molar-refractivity contribution < 1.29 is 12.8 Å². The zero-order chi connectivity index (χ0) is 13.7. The van der Waals surface area contributed by atoms with E-state index in [2.05, 4.69) is 9.71 Å². The highest BCUT2D eigenvalue weighted by Crippen LogP contribution is 2.17. The minimum absolute atomic E-state index is 0.0918. The molecular weight excluding hydrogens is 267 g/mol. The van der Waals surface area contributed by atoms with E-state index in [1.54, 1.807) is 12.3 Å². The molecule has 1 aromatic carbocycles. The Morgan fingerprint density at radius 2 is 1.89 bits per heavy atom. The number of benzene rings is 1. The molecule has 6 heteroatoms. The van der Waals surface area contributed by atoms with Crippen LogP contribution in [0.1, 0.15) is 12.8 Å². The van der Waals surface area contributed by atoms with E-state index in [-0.39, 0.29) is 12.2 Å². The first kappa shape index (κ1) is 13.7. The van der Waals surface area contributed by atoms with E-state index in [0.29, 0.717) is 12.2 Å². The number of sulfonamides is 1. The van der Waals surface area contributed by atoms with Crippen molar-refractivity contribution >= 4 is 26.6 Å². The number of alkyl halides is 1. The summed E-state index contributed by atoms with van der Waals surface area (Å²) in [5, 5.41) is 1.86. The number of halogens is 1. The van der Waals surface area contributed by atoms with Gasteiger partial charge in [0.1, 0.15) is 5.82 Å². The van der Waals surface area contributed by atoms with Gasteiger partial charge in [0.2, 0.25) is 10.0 Å². The van der Waals surface area contributed by atoms with Gasteiger partial charge in [0, 0.05) is 11.6 Å². The monoisotopic (exact) mass is 282 g/mol. The lowest BCUT2D eigenvalue weighted by Crippen LogP contribution is -2.17. The van der Waals surface area contributed by atoms with E-state index >= 15 is 0 Å². The van der Waals surface area contributed by atoms with Crippen molar-refractivity contribution in [3.63, 3.8) is 0 Å². The largest absolute Gasteiger partial charge is 0.267 e. The summed E-state index contributed by atoms with van der Waals surface area (Å²) in [5.74, 6) is 0.199. The normalized spacial score (nSPS) is 11.6. The Morgan fingerprint density at radius 3 is 2.63 bits per heavy atom. The molecule has 1 heterocycles. The van der Waals surface area contributed by atoms with E-state index in [1.807, 2.05) is 24.3 Å². The van der Waals surface area contributed by atoms with E-state index in [9.17, 15) is 12.8 Å². The highest BCUT2D eigenvalue weighted by atomic mass is 32.2. The molecule has 0 bridgehead atoms. The van der Waals surface area contributed by atoms with Gasteiger partial charge < -0.3 is 0 Å². The SMILES string of the molecule is O=S(=O)(CCCCF)Nc1cc2ccccc2cn1. The number of nitrogens with one attached hydrogen (secondary N) is 1. The topological polar surface area (TPSA) is 59.1 Å². The molecule has 102 valence electrons. The van der Waals surface area contributed by atoms with E-state index in [0.717, 1.165) is 10.8 Å². The fourth-order valence-electron chi connectivity index (χ4n) is 1.74. The van der Waals surface area contributed by atoms with Gasteiger partial charge in [0.05, 0.1) is 12.4 Å². The second kappa shape index (κ2) is 5.97. The number of hydrogen-bond acceptors (Lipinski definition) is 3. The quantitative estimate of drug-likeness (QED) is 0.829. The van der Waals surface area contributed by atoms with Gasteiger partial charge in [0.15, 0.2) is 0 Å². The molecule has 0 atom stereocenters. The first-order valence-corrected chi connectivity index (χ1v) is 7.67. The predicted octanol–water partition coefficient (Wildman–Crippen LogP) is 2.73. The molecule has 1 aromatic heterocycles. The van der Waals surface area contributed by atoms with Crippen LogP contribution in [0.5, 0.6) is 0 Å². The van der Waals surface area contributed by atoms with Gasteiger partial charge in [-0.25, -0.2) is 13.4 Å². The van der Waals surface area contributed by atoms with Crippen molar-refractivity contribution in [2.75, 3.05) is 17.1 Å². The van der Waals surface area contributed by atoms with Crippen LogP contribution in [-0.4, -0.2) is 25.8 Å². The van der Waals surface area contributed by atoms with Crippen molar-refractivity contribution in [3.8, 4) is 0 Å². The van der Waals surface area contributed by atoms with Crippen LogP contribution in [0, 0.1) is 0 Å². The molecule has 2 aromatic rings. The molecule has 0 aliphatic heterocycles. The summed E-state index contributed by atoms with van der Waals surface area (Å²) >= 11 is 0. The van der Waals surface area contributed by atoms with Crippen LogP contribution in [0.3, 0.4) is 0 Å². The van der Waals surface area contributed by atoms with Crippen molar-refractivity contribution in [3.05, 3.63) is 36.5 Å². The summed E-state index contributed by atoms with van der Waals surface area (Å²) in [5.41, 5.74) is 0. The molecule has 0 unspecified atom stereocenters. The standard InChI is InChI=1S/C13H15FN2O2S/c14-7-3-4-8-19(17,18)16-13-9-11-5-1-2-6-12(11)10-15-13/h1-2,5-6,9-10H,3-4,7-8H2,(H,15,16). The Labute approximate surface area is 111 Å². The number of unbranched alkanes of at least 4 members (excludes halogenated alkanes) is 1. The average molecular weight is 282 g/mol. The van der Waals surface area contributed by atoms with Crippen LogP contribution in [0.4, 0.5) is 10.2 Å². The summed E-state index contributed by atoms with van der Waals surface area (Å²) in [6, 6.07) is 9.24. The number of nitrogens with zero attached hydrogens (tertiary/aromatic N) is 1. The van der Waals surface area contributed by atoms with Gasteiger partial charge in [-0.15, -0.1) is 0 Å². The van der Waals surface area contributed by atoms with Crippen LogP contribution < -0.4 is 4.72 Å². The molecule has 1 N–H and O–H groups in total. The minimum atomic E-state index is -3.45. The number of anilines is 1. The molecular formula is C13H15FN2O2S. The van der Waals surface area contributed by atoms with Crippen LogP contribution in [0.25, 0.3) is 10.8 Å². The van der Waals surface area contributed by atoms with Gasteiger partial charge >= 0.3 is 0 Å². The number of hydrogen-bond donors (Lipinski definition) is 1. The fourth-order valence-corrected chi connectivity index (χ4v) is 2.85. The summed E-state index contributed by atoms with van der Waals surface area (Å²) < 4.78 is 37.8. The molecule has 4 nitrogen and oxygen atoms in total. The third kappa shape index (κ3) is 3.89. The second-order valence-corrected chi connectivity index (χ2v) is 6.08. The molecule has 2 rings (SSSR count). The Balaban J connectivity index is 2.12. The molecule has 0 aliphatic carbocycles. The molecule has 0 spiro atoms. The van der Waals surface area contributed by atoms with Crippen molar-refractivity contribution in [2.45, 2.75) is 12.8 Å². The van der Waals surface area contributed by atoms with E-state index < -0.39 is 16.7 Å². The zero-order valence-corrected chi connectivity index (χ0v) is 11.2. The lowest BCUT2D eigenvalue weighted by atomic mass is 10.2. The Bertz CT molecular complexity index is 658. The average Bonchev–Trinajstić information content (AvgIpc) is 2.38. The molecule has 19 heavy (non-hydrogen) atoms. The maximum absolute atomic E-state index is 11.9. The molecule has 0 fully saturated rings. The van der Waals surface area contributed by atoms with Gasteiger partial charge in [-0.1, -0.05) is 24.3 Å². The molecule has 0 saturated carbocycles. The van der Waals surface area contributed by atoms with E-state index in [4.69, 9.17) is 0 Å². The molecule has 0 aliphatic rings. The molecule has 0 amide bonds. The fraction of sp³-hybridized carbons (Fsp3) is 0.308. The predicted molar refractivity (Wildman–Crippen MR) is 74.4 cm³/mol. The van der Waals surface area contributed by atoms with Crippen LogP contribution in [0.2, 0.25) is 0 Å². The highest BCUT2D eigenvalue weighted by Gasteiger charge is 2.11. The van der Waals surface area contributed by atoms with Crippen LogP contribution in [-0.2, 0) is 10.0 Å². The first-order chi connectivity index (χ1) is 9.11. The summed E-state index contributed by atoms with van der Waals surface area (Å²) in [6.07, 6.45) is 2.18. The van der Waals surface area contributed by atoms with Gasteiger partial charge in [0.25, 0.3) is 0 Å². The zero-order valence-electron chi connectivity index (χ0n) is 10.3. The number of pyridine rings is 1. The summed E-state index contributed by atoms with van der Waals surface area (Å²) in [7, 11) is -3.45. The smallest absolute Gasteiger partial charge is 0.233 e. The maximum atomic E-state index is 11.9. The molecule has 0 saturated heterocycles. The third-order valence-electron chi connectivity index (χ3n) is 2.69. The van der Waals surface area contributed by atoms with Gasteiger partial charge in [-0.3, -0.25) is 9.11 Å². The van der Waals surface area contributed by atoms with Crippen molar-refractivity contribution in [1.29, 1.82) is 0 Å². The van der Waals surface area contributed by atoms with Crippen LogP contribution in [0.15, 0.2) is 36.5 Å². The lowest BCUT2D eigenvalue weighted by molar-refractivity contribution is 0.468. The minimum Gasteiger partial charge on any atom is -0.267 e. The van der Waals surface area contributed by atoms with E-state index in [1.165, 1.54) is 0 Å². The third-order valence-corrected chi connectivity index (χ3v) is 4.03. The number of fused-ring (bicyclic) bond motifs is 1. The van der Waals surface area contributed by atoms with Crippen LogP contribution >= 0.6 is 0 Å².